The molecule has 0 unspecified atom stereocenters. The Morgan fingerprint density at radius 2 is 1.87 bits per heavy atom. The van der Waals surface area contributed by atoms with Crippen molar-refractivity contribution in [2.24, 2.45) is 5.73 Å². The Morgan fingerprint density at radius 1 is 1.03 bits per heavy atom. The molecule has 1 aliphatic heterocycles. The van der Waals surface area contributed by atoms with Crippen LogP contribution in [0.1, 0.15) is 12.0 Å². The van der Waals surface area contributed by atoms with Gasteiger partial charge in [0.05, 0.1) is 16.8 Å². The van der Waals surface area contributed by atoms with Gasteiger partial charge in [0.25, 0.3) is 0 Å². The number of nitrogens with zero attached hydrogens (tertiary/aromatic N) is 3. The third-order valence-corrected chi connectivity index (χ3v) is 5.77. The summed E-state index contributed by atoms with van der Waals surface area (Å²) >= 11 is 0. The number of carbonyl (C=O) groups excluding carboxylic acids is 1. The summed E-state index contributed by atoms with van der Waals surface area (Å²) in [5.41, 5.74) is 12.3. The van der Waals surface area contributed by atoms with Crippen molar-refractivity contribution in [2.45, 2.75) is 6.42 Å². The van der Waals surface area contributed by atoms with Gasteiger partial charge in [-0.05, 0) is 41.5 Å². The van der Waals surface area contributed by atoms with Crippen molar-refractivity contribution in [1.82, 2.24) is 20.2 Å². The number of nitrogens with two attached hydrogens (primary N) is 1. The number of hydrogen-bond donors (Lipinski definition) is 2. The number of piperazine rings is 1. The number of hydrogen-bond acceptors (Lipinski definition) is 5. The molecule has 3 heterocycles. The van der Waals surface area contributed by atoms with Gasteiger partial charge in [0.15, 0.2) is 0 Å². The quantitative estimate of drug-likeness (QED) is 0.707. The van der Waals surface area contributed by atoms with E-state index in [9.17, 15) is 4.79 Å². The fraction of sp³-hybridized carbons (Fsp3) is 0.208. The Kier molecular flexibility index (Phi) is 4.77. The second kappa shape index (κ2) is 7.72. The van der Waals surface area contributed by atoms with Crippen LogP contribution in [0.3, 0.4) is 0 Å². The van der Waals surface area contributed by atoms with Gasteiger partial charge in [-0.1, -0.05) is 18.2 Å². The Labute approximate surface area is 175 Å². The van der Waals surface area contributed by atoms with Crippen molar-refractivity contribution >= 4 is 22.4 Å². The highest BCUT2D eigenvalue weighted by Gasteiger charge is 2.26. The molecule has 1 fully saturated rings. The van der Waals surface area contributed by atoms with Crippen LogP contribution in [0, 0.1) is 0 Å². The average molecular weight is 397 g/mol. The molecule has 2 aromatic heterocycles. The number of primary amides is 1. The largest absolute Gasteiger partial charge is 0.371 e. The van der Waals surface area contributed by atoms with E-state index in [1.54, 1.807) is 0 Å². The molecule has 2 aliphatic rings. The first-order valence-corrected chi connectivity index (χ1v) is 10.2. The van der Waals surface area contributed by atoms with Gasteiger partial charge in [0, 0.05) is 61.6 Å². The zero-order valence-corrected chi connectivity index (χ0v) is 16.6. The average Bonchev–Trinajstić information content (AvgIpc) is 3.25. The second-order valence-electron chi connectivity index (χ2n) is 7.65. The standard InChI is InChI=1S/C24H23N5O/c25-24(30)20-12-18(14-23(20)29-9-7-26-8-10-29)16-5-6-27-22(13-16)19-11-17-3-1-2-4-21(17)28-15-19/h1-6,11-13,15,26H,7-10,14H2,(H2,25,30). The van der Waals surface area contributed by atoms with E-state index in [4.69, 9.17) is 5.73 Å². The maximum Gasteiger partial charge on any atom is 0.250 e. The number of para-hydroxylation sites is 1. The van der Waals surface area contributed by atoms with Crippen molar-refractivity contribution in [3.05, 3.63) is 77.8 Å². The minimum atomic E-state index is -0.369. The molecule has 0 atom stereocenters. The molecule has 1 amide bonds. The molecule has 3 N–H and O–H groups in total. The smallest absolute Gasteiger partial charge is 0.250 e. The minimum Gasteiger partial charge on any atom is -0.371 e. The summed E-state index contributed by atoms with van der Waals surface area (Å²) in [7, 11) is 0. The van der Waals surface area contributed by atoms with Gasteiger partial charge in [-0.15, -0.1) is 0 Å². The Hall–Kier alpha value is -3.51. The summed E-state index contributed by atoms with van der Waals surface area (Å²) in [5, 5.41) is 4.44. The predicted octanol–water partition coefficient (Wildman–Crippen LogP) is 2.73. The molecule has 0 radical (unpaired) electrons. The Bertz CT molecular complexity index is 1190. The van der Waals surface area contributed by atoms with E-state index in [0.29, 0.717) is 12.0 Å². The van der Waals surface area contributed by atoms with Crippen molar-refractivity contribution < 1.29 is 4.79 Å². The van der Waals surface area contributed by atoms with Crippen LogP contribution in [0.25, 0.3) is 27.7 Å². The molecular weight excluding hydrogens is 374 g/mol. The molecule has 30 heavy (non-hydrogen) atoms. The normalized spacial score (nSPS) is 16.8. The summed E-state index contributed by atoms with van der Waals surface area (Å²) in [5.74, 6) is -0.369. The second-order valence-corrected chi connectivity index (χ2v) is 7.65. The molecule has 0 bridgehead atoms. The Balaban J connectivity index is 1.46. The van der Waals surface area contributed by atoms with Crippen molar-refractivity contribution in [1.29, 1.82) is 0 Å². The van der Waals surface area contributed by atoms with E-state index in [-0.39, 0.29) is 5.91 Å². The van der Waals surface area contributed by atoms with Crippen LogP contribution < -0.4 is 11.1 Å². The van der Waals surface area contributed by atoms with E-state index in [2.05, 4.69) is 38.4 Å². The number of nitrogens with one attached hydrogen (secondary N) is 1. The number of carbonyl (C=O) groups is 1. The molecule has 6 nitrogen and oxygen atoms in total. The fourth-order valence-corrected chi connectivity index (χ4v) is 4.20. The summed E-state index contributed by atoms with van der Waals surface area (Å²) in [4.78, 5) is 23.5. The van der Waals surface area contributed by atoms with Gasteiger partial charge in [-0.2, -0.15) is 0 Å². The van der Waals surface area contributed by atoms with E-state index in [1.165, 1.54) is 0 Å². The topological polar surface area (TPSA) is 84.1 Å². The highest BCUT2D eigenvalue weighted by Crippen LogP contribution is 2.35. The molecule has 5 rings (SSSR count). The monoisotopic (exact) mass is 397 g/mol. The summed E-state index contributed by atoms with van der Waals surface area (Å²) in [6.45, 7) is 3.60. The molecular formula is C24H23N5O. The lowest BCUT2D eigenvalue weighted by Gasteiger charge is -2.31. The summed E-state index contributed by atoms with van der Waals surface area (Å²) < 4.78 is 0. The van der Waals surface area contributed by atoms with Gasteiger partial charge in [-0.3, -0.25) is 14.8 Å². The highest BCUT2D eigenvalue weighted by molar-refractivity contribution is 6.00. The van der Waals surface area contributed by atoms with Crippen molar-refractivity contribution in [3.8, 4) is 11.3 Å². The number of rotatable bonds is 4. The van der Waals surface area contributed by atoms with Crippen LogP contribution in [0.15, 0.2) is 72.2 Å². The van der Waals surface area contributed by atoms with Crippen LogP contribution in [0.2, 0.25) is 0 Å². The molecule has 3 aromatic rings. The number of aromatic nitrogens is 2. The number of pyridine rings is 2. The van der Waals surface area contributed by atoms with E-state index in [1.807, 2.05) is 42.7 Å². The highest BCUT2D eigenvalue weighted by atomic mass is 16.1. The maximum atomic E-state index is 12.1. The zero-order valence-electron chi connectivity index (χ0n) is 16.6. The third-order valence-electron chi connectivity index (χ3n) is 5.77. The number of benzene rings is 1. The number of fused-ring (bicyclic) bond motifs is 1. The lowest BCUT2D eigenvalue weighted by atomic mass is 10.0. The van der Waals surface area contributed by atoms with E-state index >= 15 is 0 Å². The first-order chi connectivity index (χ1) is 14.7. The van der Waals surface area contributed by atoms with Crippen LogP contribution in [-0.2, 0) is 4.79 Å². The SMILES string of the molecule is NC(=O)C1=C(N2CCNCC2)CC(c2ccnc(-c3cnc4ccccc4c3)c2)=C1. The van der Waals surface area contributed by atoms with Crippen LogP contribution in [0.4, 0.5) is 0 Å². The zero-order chi connectivity index (χ0) is 20.5. The van der Waals surface area contributed by atoms with Crippen LogP contribution in [-0.4, -0.2) is 47.0 Å². The third kappa shape index (κ3) is 3.46. The first kappa shape index (κ1) is 18.5. The minimum absolute atomic E-state index is 0.369. The molecule has 1 aliphatic carbocycles. The number of amides is 1. The van der Waals surface area contributed by atoms with Gasteiger partial charge in [0.1, 0.15) is 0 Å². The van der Waals surface area contributed by atoms with Crippen molar-refractivity contribution in [2.75, 3.05) is 26.2 Å². The van der Waals surface area contributed by atoms with Gasteiger partial charge >= 0.3 is 0 Å². The molecule has 0 saturated carbocycles. The fourth-order valence-electron chi connectivity index (χ4n) is 4.20. The van der Waals surface area contributed by atoms with Gasteiger partial charge in [-0.25, -0.2) is 0 Å². The van der Waals surface area contributed by atoms with Crippen LogP contribution >= 0.6 is 0 Å². The van der Waals surface area contributed by atoms with Crippen molar-refractivity contribution in [3.63, 3.8) is 0 Å². The van der Waals surface area contributed by atoms with Gasteiger partial charge < -0.3 is 16.0 Å². The summed E-state index contributed by atoms with van der Waals surface area (Å²) in [6, 6.07) is 14.2. The lowest BCUT2D eigenvalue weighted by molar-refractivity contribution is -0.114. The molecule has 1 saturated heterocycles. The predicted molar refractivity (Wildman–Crippen MR) is 118 cm³/mol. The molecule has 0 spiro atoms. The lowest BCUT2D eigenvalue weighted by Crippen LogP contribution is -2.43. The van der Waals surface area contributed by atoms with Crippen LogP contribution in [0.5, 0.6) is 0 Å². The van der Waals surface area contributed by atoms with E-state index in [0.717, 1.165) is 65.2 Å². The number of allylic oxidation sites excluding steroid dienone is 1. The first-order valence-electron chi connectivity index (χ1n) is 10.2. The Morgan fingerprint density at radius 3 is 2.70 bits per heavy atom. The maximum absolute atomic E-state index is 12.1. The van der Waals surface area contributed by atoms with E-state index < -0.39 is 0 Å². The van der Waals surface area contributed by atoms with Gasteiger partial charge in [0.2, 0.25) is 5.91 Å². The summed E-state index contributed by atoms with van der Waals surface area (Å²) in [6.07, 6.45) is 6.32. The molecule has 1 aromatic carbocycles. The molecule has 150 valence electrons. The molecule has 6 heteroatoms.